The summed E-state index contributed by atoms with van der Waals surface area (Å²) in [5.74, 6) is 0.398. The van der Waals surface area contributed by atoms with E-state index in [1.807, 2.05) is 12.3 Å². The van der Waals surface area contributed by atoms with Crippen molar-refractivity contribution in [3.63, 3.8) is 0 Å². The predicted molar refractivity (Wildman–Crippen MR) is 40.5 cm³/mol. The van der Waals surface area contributed by atoms with E-state index in [1.165, 1.54) is 4.73 Å². The van der Waals surface area contributed by atoms with Crippen LogP contribution in [0, 0.1) is 6.92 Å². The van der Waals surface area contributed by atoms with E-state index in [0.29, 0.717) is 5.92 Å². The molecule has 1 N–H and O–H groups in total. The van der Waals surface area contributed by atoms with Crippen LogP contribution in [0.5, 0.6) is 0 Å². The summed E-state index contributed by atoms with van der Waals surface area (Å²) in [7, 11) is 0. The van der Waals surface area contributed by atoms with Crippen molar-refractivity contribution in [2.24, 2.45) is 0 Å². The molecule has 0 saturated carbocycles. The number of aromatic nitrogens is 1. The molecule has 1 heterocycles. The minimum Gasteiger partial charge on any atom is -0.284 e. The van der Waals surface area contributed by atoms with Crippen LogP contribution in [0.15, 0.2) is 5.38 Å². The number of nitrogens with zero attached hydrogens (tertiary/aromatic N) is 1. The third kappa shape index (κ3) is 1.14. The summed E-state index contributed by atoms with van der Waals surface area (Å²) in [6, 6.07) is 0. The van der Waals surface area contributed by atoms with Gasteiger partial charge in [0, 0.05) is 17.6 Å². The van der Waals surface area contributed by atoms with Crippen molar-refractivity contribution in [1.82, 2.24) is 0 Å². The van der Waals surface area contributed by atoms with Gasteiger partial charge in [-0.3, -0.25) is 5.21 Å². The van der Waals surface area contributed by atoms with Gasteiger partial charge < -0.3 is 0 Å². The Morgan fingerprint density at radius 1 is 1.60 bits per heavy atom. The molecule has 0 aromatic carbocycles. The standard InChI is InChI=1S/C7H12NOS/c1-5(2)7-4-10-6(3)8(7)9/h4-5,9H,1-3H3/q+1. The largest absolute Gasteiger partial charge is 0.285 e. The fourth-order valence-electron chi connectivity index (χ4n) is 0.808. The first kappa shape index (κ1) is 7.54. The van der Waals surface area contributed by atoms with Crippen LogP contribution in [0.4, 0.5) is 0 Å². The number of hydrogen-bond donors (Lipinski definition) is 1. The normalized spacial score (nSPS) is 10.8. The third-order valence-electron chi connectivity index (χ3n) is 1.48. The van der Waals surface area contributed by atoms with Gasteiger partial charge in [0.2, 0.25) is 5.69 Å². The van der Waals surface area contributed by atoms with Gasteiger partial charge in [-0.15, -0.1) is 0 Å². The molecule has 0 atom stereocenters. The molecule has 0 unspecified atom stereocenters. The predicted octanol–water partition coefficient (Wildman–Crippen LogP) is 1.70. The second-order valence-electron chi connectivity index (χ2n) is 2.65. The van der Waals surface area contributed by atoms with E-state index < -0.39 is 0 Å². The Balaban J connectivity index is 3.05. The molecule has 1 aromatic heterocycles. The van der Waals surface area contributed by atoms with Crippen molar-refractivity contribution in [1.29, 1.82) is 0 Å². The van der Waals surface area contributed by atoms with Crippen molar-refractivity contribution < 1.29 is 9.94 Å². The highest BCUT2D eigenvalue weighted by atomic mass is 32.1. The van der Waals surface area contributed by atoms with Crippen LogP contribution in [0.3, 0.4) is 0 Å². The molecule has 0 fully saturated rings. The second kappa shape index (κ2) is 2.58. The van der Waals surface area contributed by atoms with Gasteiger partial charge in [-0.2, -0.15) is 0 Å². The molecule has 0 spiro atoms. The van der Waals surface area contributed by atoms with Crippen LogP contribution in [0.25, 0.3) is 0 Å². The molecule has 1 rings (SSSR count). The summed E-state index contributed by atoms with van der Waals surface area (Å²) >= 11 is 1.57. The molecule has 0 aliphatic carbocycles. The van der Waals surface area contributed by atoms with Crippen LogP contribution in [0.1, 0.15) is 30.5 Å². The lowest BCUT2D eigenvalue weighted by Gasteiger charge is -1.92. The molecule has 2 nitrogen and oxygen atoms in total. The maximum atomic E-state index is 9.34. The topological polar surface area (TPSA) is 24.1 Å². The van der Waals surface area contributed by atoms with E-state index in [0.717, 1.165) is 10.7 Å². The van der Waals surface area contributed by atoms with Crippen LogP contribution >= 0.6 is 11.3 Å². The minimum atomic E-state index is 0.398. The van der Waals surface area contributed by atoms with E-state index in [1.54, 1.807) is 11.3 Å². The Labute approximate surface area is 64.7 Å². The van der Waals surface area contributed by atoms with Gasteiger partial charge >= 0.3 is 0 Å². The van der Waals surface area contributed by atoms with E-state index in [4.69, 9.17) is 0 Å². The van der Waals surface area contributed by atoms with E-state index in [9.17, 15) is 5.21 Å². The molecule has 0 aliphatic rings. The molecule has 0 bridgehead atoms. The lowest BCUT2D eigenvalue weighted by atomic mass is 10.2. The Morgan fingerprint density at radius 2 is 2.20 bits per heavy atom. The molecular weight excluding hydrogens is 146 g/mol. The van der Waals surface area contributed by atoms with Crippen molar-refractivity contribution in [3.8, 4) is 0 Å². The van der Waals surface area contributed by atoms with Crippen molar-refractivity contribution >= 4 is 11.3 Å². The van der Waals surface area contributed by atoms with Crippen LogP contribution in [-0.4, -0.2) is 5.21 Å². The number of thiazole rings is 1. The first-order valence-corrected chi connectivity index (χ1v) is 4.20. The van der Waals surface area contributed by atoms with E-state index in [-0.39, 0.29) is 0 Å². The molecule has 0 amide bonds. The highest BCUT2D eigenvalue weighted by Crippen LogP contribution is 2.13. The lowest BCUT2D eigenvalue weighted by molar-refractivity contribution is -0.910. The lowest BCUT2D eigenvalue weighted by Crippen LogP contribution is -2.35. The fourth-order valence-corrected chi connectivity index (χ4v) is 1.68. The quantitative estimate of drug-likeness (QED) is 0.488. The number of hydrogen-bond acceptors (Lipinski definition) is 2. The molecule has 1 aromatic rings. The third-order valence-corrected chi connectivity index (χ3v) is 2.36. The van der Waals surface area contributed by atoms with E-state index in [2.05, 4.69) is 13.8 Å². The molecular formula is C7H12NOS+. The van der Waals surface area contributed by atoms with Gasteiger partial charge in [0.15, 0.2) is 0 Å². The van der Waals surface area contributed by atoms with Gasteiger partial charge in [0.1, 0.15) is 0 Å². The SMILES string of the molecule is Cc1scc(C(C)C)[n+]1O. The Hall–Kier alpha value is -0.570. The first-order chi connectivity index (χ1) is 4.63. The monoisotopic (exact) mass is 158 g/mol. The zero-order chi connectivity index (χ0) is 7.72. The van der Waals surface area contributed by atoms with Crippen LogP contribution in [0.2, 0.25) is 0 Å². The molecule has 3 heteroatoms. The molecule has 0 aliphatic heterocycles. The van der Waals surface area contributed by atoms with Crippen molar-refractivity contribution in [2.45, 2.75) is 26.7 Å². The second-order valence-corrected chi connectivity index (χ2v) is 3.71. The van der Waals surface area contributed by atoms with Gasteiger partial charge in [0.05, 0.1) is 5.38 Å². The zero-order valence-electron chi connectivity index (χ0n) is 6.46. The summed E-state index contributed by atoms with van der Waals surface area (Å²) < 4.78 is 1.26. The zero-order valence-corrected chi connectivity index (χ0v) is 7.27. The average molecular weight is 158 g/mol. The van der Waals surface area contributed by atoms with Crippen LogP contribution in [-0.2, 0) is 0 Å². The molecule has 56 valence electrons. The molecule has 0 saturated heterocycles. The van der Waals surface area contributed by atoms with Crippen LogP contribution < -0.4 is 4.73 Å². The maximum absolute atomic E-state index is 9.34. The van der Waals surface area contributed by atoms with Crippen molar-refractivity contribution in [3.05, 3.63) is 16.1 Å². The summed E-state index contributed by atoms with van der Waals surface area (Å²) in [6.45, 7) is 6.03. The van der Waals surface area contributed by atoms with Crippen molar-refractivity contribution in [2.75, 3.05) is 0 Å². The van der Waals surface area contributed by atoms with Gasteiger partial charge in [-0.25, -0.2) is 0 Å². The summed E-state index contributed by atoms with van der Waals surface area (Å²) in [5, 5.41) is 12.3. The summed E-state index contributed by atoms with van der Waals surface area (Å²) in [4.78, 5) is 0. The number of aryl methyl sites for hydroxylation is 1. The highest BCUT2D eigenvalue weighted by molar-refractivity contribution is 7.09. The summed E-state index contributed by atoms with van der Waals surface area (Å²) in [6.07, 6.45) is 0. The van der Waals surface area contributed by atoms with Gasteiger partial charge in [-0.05, 0) is 0 Å². The average Bonchev–Trinajstić information content (AvgIpc) is 2.14. The number of rotatable bonds is 1. The minimum absolute atomic E-state index is 0.398. The maximum Gasteiger partial charge on any atom is 0.285 e. The first-order valence-electron chi connectivity index (χ1n) is 3.32. The molecule has 0 radical (unpaired) electrons. The Kier molecular flexibility index (Phi) is 1.94. The van der Waals surface area contributed by atoms with Gasteiger partial charge in [0.25, 0.3) is 5.01 Å². The van der Waals surface area contributed by atoms with Gasteiger partial charge in [-0.1, -0.05) is 25.2 Å². The van der Waals surface area contributed by atoms with E-state index >= 15 is 0 Å². The smallest absolute Gasteiger partial charge is 0.284 e. The highest BCUT2D eigenvalue weighted by Gasteiger charge is 2.18. The fraction of sp³-hybridized carbons (Fsp3) is 0.571. The Bertz CT molecular complexity index is 230. The summed E-state index contributed by atoms with van der Waals surface area (Å²) in [5.41, 5.74) is 0.988. The Morgan fingerprint density at radius 3 is 2.40 bits per heavy atom. The molecule has 10 heavy (non-hydrogen) atoms.